The molecule has 4 aromatic rings. The molecule has 0 aromatic heterocycles. The smallest absolute Gasteiger partial charge is 0.264 e. The van der Waals surface area contributed by atoms with Crippen LogP contribution in [0.25, 0.3) is 0 Å². The molecule has 0 aliphatic heterocycles. The number of anilines is 1. The average molecular weight is 632 g/mol. The molecule has 0 aliphatic rings. The summed E-state index contributed by atoms with van der Waals surface area (Å²) >= 11 is 6.22. The summed E-state index contributed by atoms with van der Waals surface area (Å²) in [5, 5.41) is 3.41. The van der Waals surface area contributed by atoms with Gasteiger partial charge in [-0.15, -0.1) is 0 Å². The topological polar surface area (TPSA) is 86.8 Å². The van der Waals surface area contributed by atoms with Gasteiger partial charge in [-0.05, 0) is 67.3 Å². The van der Waals surface area contributed by atoms with Crippen LogP contribution in [-0.2, 0) is 32.6 Å². The first-order valence-corrected chi connectivity index (χ1v) is 16.4. The minimum absolute atomic E-state index is 0.0498. The van der Waals surface area contributed by atoms with Crippen LogP contribution < -0.4 is 9.62 Å². The highest BCUT2D eigenvalue weighted by Gasteiger charge is 2.35. The number of carbonyl (C=O) groups excluding carboxylic acids is 2. The van der Waals surface area contributed by atoms with Gasteiger partial charge in [0.1, 0.15) is 12.6 Å². The van der Waals surface area contributed by atoms with Crippen LogP contribution in [0, 0.1) is 13.8 Å². The van der Waals surface area contributed by atoms with Gasteiger partial charge in [0.25, 0.3) is 10.0 Å². The Kier molecular flexibility index (Phi) is 11.2. The lowest BCUT2D eigenvalue weighted by molar-refractivity contribution is -0.140. The lowest BCUT2D eigenvalue weighted by atomic mass is 10.0. The van der Waals surface area contributed by atoms with Crippen LogP contribution >= 0.6 is 11.6 Å². The van der Waals surface area contributed by atoms with E-state index in [-0.39, 0.29) is 23.8 Å². The van der Waals surface area contributed by atoms with Gasteiger partial charge in [0.2, 0.25) is 11.8 Å². The number of rotatable bonds is 13. The van der Waals surface area contributed by atoms with Crippen LogP contribution in [0.1, 0.15) is 35.6 Å². The lowest BCUT2D eigenvalue weighted by Crippen LogP contribution is -2.53. The number of amides is 2. The first-order valence-electron chi connectivity index (χ1n) is 14.6. The van der Waals surface area contributed by atoms with Crippen LogP contribution in [0.15, 0.2) is 108 Å². The summed E-state index contributed by atoms with van der Waals surface area (Å²) in [5.74, 6) is -0.802. The third-order valence-corrected chi connectivity index (χ3v) is 9.34. The minimum Gasteiger partial charge on any atom is -0.354 e. The summed E-state index contributed by atoms with van der Waals surface area (Å²) in [6.45, 7) is 5.74. The highest BCUT2D eigenvalue weighted by molar-refractivity contribution is 7.92. The van der Waals surface area contributed by atoms with Gasteiger partial charge >= 0.3 is 0 Å². The third kappa shape index (κ3) is 8.27. The van der Waals surface area contributed by atoms with E-state index in [2.05, 4.69) is 5.32 Å². The van der Waals surface area contributed by atoms with E-state index >= 15 is 0 Å². The fourth-order valence-electron chi connectivity index (χ4n) is 4.94. The average Bonchev–Trinajstić information content (AvgIpc) is 3.02. The zero-order valence-electron chi connectivity index (χ0n) is 25.2. The van der Waals surface area contributed by atoms with Crippen molar-refractivity contribution in [3.63, 3.8) is 0 Å². The molecule has 2 amide bonds. The number of hydrogen-bond acceptors (Lipinski definition) is 4. The summed E-state index contributed by atoms with van der Waals surface area (Å²) in [6.07, 6.45) is 0.994. The molecular weight excluding hydrogens is 594 g/mol. The first-order chi connectivity index (χ1) is 21.1. The van der Waals surface area contributed by atoms with Gasteiger partial charge in [0.05, 0.1) is 10.6 Å². The van der Waals surface area contributed by atoms with Gasteiger partial charge in [-0.25, -0.2) is 8.42 Å². The normalized spacial score (nSPS) is 11.9. The summed E-state index contributed by atoms with van der Waals surface area (Å²) < 4.78 is 29.3. The number of nitrogens with zero attached hydrogens (tertiary/aromatic N) is 2. The highest BCUT2D eigenvalue weighted by Crippen LogP contribution is 2.29. The van der Waals surface area contributed by atoms with E-state index in [4.69, 9.17) is 11.6 Å². The van der Waals surface area contributed by atoms with Crippen molar-refractivity contribution in [1.82, 2.24) is 10.2 Å². The Hall–Kier alpha value is -4.14. The van der Waals surface area contributed by atoms with Crippen molar-refractivity contribution in [1.29, 1.82) is 0 Å². The Balaban J connectivity index is 1.81. The van der Waals surface area contributed by atoms with Gasteiger partial charge in [-0.3, -0.25) is 13.9 Å². The zero-order valence-corrected chi connectivity index (χ0v) is 26.8. The molecule has 0 bridgehead atoms. The molecule has 0 aliphatic carbocycles. The SMILES string of the molecule is CCCNC(=O)C(Cc1ccccc1)N(Cc1ccc(C)cc1)C(=O)CN(c1ccc(Cl)cc1C)S(=O)(=O)c1ccccc1. The number of nitrogens with one attached hydrogen (secondary N) is 1. The second-order valence-electron chi connectivity index (χ2n) is 10.8. The quantitative estimate of drug-likeness (QED) is 0.187. The molecule has 1 unspecified atom stereocenters. The third-order valence-electron chi connectivity index (χ3n) is 7.33. The maximum absolute atomic E-state index is 14.5. The fourth-order valence-corrected chi connectivity index (χ4v) is 6.67. The van der Waals surface area contributed by atoms with Crippen molar-refractivity contribution >= 4 is 39.1 Å². The molecule has 0 spiro atoms. The number of carbonyl (C=O) groups is 2. The van der Waals surface area contributed by atoms with E-state index in [0.29, 0.717) is 22.8 Å². The van der Waals surface area contributed by atoms with Crippen LogP contribution in [0.2, 0.25) is 5.02 Å². The largest absolute Gasteiger partial charge is 0.354 e. The van der Waals surface area contributed by atoms with Crippen LogP contribution in [-0.4, -0.2) is 44.3 Å². The lowest BCUT2D eigenvalue weighted by Gasteiger charge is -2.34. The molecular formula is C35H38ClN3O4S. The van der Waals surface area contributed by atoms with Crippen LogP contribution in [0.5, 0.6) is 0 Å². The van der Waals surface area contributed by atoms with Crippen LogP contribution in [0.4, 0.5) is 5.69 Å². The zero-order chi connectivity index (χ0) is 31.7. The number of benzene rings is 4. The second-order valence-corrected chi connectivity index (χ2v) is 13.1. The fraction of sp³-hybridized carbons (Fsp3) is 0.257. The molecule has 1 atom stereocenters. The van der Waals surface area contributed by atoms with E-state index in [9.17, 15) is 18.0 Å². The van der Waals surface area contributed by atoms with Crippen LogP contribution in [0.3, 0.4) is 0 Å². The van der Waals surface area contributed by atoms with Crippen molar-refractivity contribution < 1.29 is 18.0 Å². The van der Waals surface area contributed by atoms with Crippen molar-refractivity contribution in [3.05, 3.63) is 130 Å². The monoisotopic (exact) mass is 631 g/mol. The molecule has 7 nitrogen and oxygen atoms in total. The number of hydrogen-bond donors (Lipinski definition) is 1. The molecule has 1 N–H and O–H groups in total. The summed E-state index contributed by atoms with van der Waals surface area (Å²) in [5.41, 5.74) is 3.69. The van der Waals surface area contributed by atoms with Crippen molar-refractivity contribution in [2.45, 2.75) is 51.1 Å². The van der Waals surface area contributed by atoms with Crippen molar-refractivity contribution in [3.8, 4) is 0 Å². The Labute approximate surface area is 265 Å². The summed E-state index contributed by atoms with van der Waals surface area (Å²) in [7, 11) is -4.17. The number of halogens is 1. The molecule has 4 aromatic carbocycles. The van der Waals surface area contributed by atoms with Gasteiger partial charge < -0.3 is 10.2 Å². The first kappa shape index (κ1) is 32.8. The predicted molar refractivity (Wildman–Crippen MR) is 176 cm³/mol. The maximum Gasteiger partial charge on any atom is 0.264 e. The number of aryl methyl sites for hydroxylation is 2. The van der Waals surface area contributed by atoms with E-state index in [1.165, 1.54) is 17.0 Å². The molecule has 230 valence electrons. The van der Waals surface area contributed by atoms with Gasteiger partial charge in [-0.2, -0.15) is 0 Å². The van der Waals surface area contributed by atoms with E-state index in [1.54, 1.807) is 43.3 Å². The standard InChI is InChI=1S/C35H38ClN3O4S/c1-4-21-37-35(41)33(23-28-11-7-5-8-12-28)38(24-29-17-15-26(2)16-18-29)34(40)25-39(32-20-19-30(36)22-27(32)3)44(42,43)31-13-9-6-10-14-31/h5-20,22,33H,4,21,23-25H2,1-3H3,(H,37,41). The Morgan fingerprint density at radius 1 is 0.841 bits per heavy atom. The maximum atomic E-state index is 14.5. The Morgan fingerprint density at radius 2 is 1.48 bits per heavy atom. The minimum atomic E-state index is -4.17. The van der Waals surface area contributed by atoms with Gasteiger partial charge in [0, 0.05) is 24.5 Å². The Morgan fingerprint density at radius 3 is 2.09 bits per heavy atom. The molecule has 0 fully saturated rings. The summed E-state index contributed by atoms with van der Waals surface area (Å²) in [6, 6.07) is 29.2. The molecule has 4 rings (SSSR count). The van der Waals surface area contributed by atoms with Crippen molar-refractivity contribution in [2.24, 2.45) is 0 Å². The molecule has 0 heterocycles. The molecule has 9 heteroatoms. The molecule has 44 heavy (non-hydrogen) atoms. The Bertz CT molecular complexity index is 1660. The molecule has 0 saturated heterocycles. The molecule has 0 saturated carbocycles. The number of sulfonamides is 1. The highest BCUT2D eigenvalue weighted by atomic mass is 35.5. The second kappa shape index (κ2) is 15.0. The summed E-state index contributed by atoms with van der Waals surface area (Å²) in [4.78, 5) is 29.7. The predicted octanol–water partition coefficient (Wildman–Crippen LogP) is 6.32. The van der Waals surface area contributed by atoms with E-state index < -0.39 is 28.5 Å². The van der Waals surface area contributed by atoms with E-state index in [0.717, 1.165) is 27.4 Å². The van der Waals surface area contributed by atoms with Gasteiger partial charge in [-0.1, -0.05) is 96.9 Å². The van der Waals surface area contributed by atoms with E-state index in [1.807, 2.05) is 68.4 Å². The molecule has 0 radical (unpaired) electrons. The van der Waals surface area contributed by atoms with Crippen molar-refractivity contribution in [2.75, 3.05) is 17.4 Å². The van der Waals surface area contributed by atoms with Gasteiger partial charge in [0.15, 0.2) is 0 Å².